The molecule has 0 bridgehead atoms. The minimum atomic E-state index is -0.0716. The molecule has 1 aliphatic heterocycles. The Labute approximate surface area is 160 Å². The molecular formula is C19H29ClN4O2. The Hall–Kier alpha value is -1.63. The van der Waals surface area contributed by atoms with Crippen LogP contribution in [0.4, 0.5) is 5.69 Å². The second-order valence-electron chi connectivity index (χ2n) is 6.84. The van der Waals surface area contributed by atoms with Crippen LogP contribution in [0, 0.1) is 0 Å². The molecule has 1 atom stereocenters. The van der Waals surface area contributed by atoms with E-state index in [0.717, 1.165) is 39.0 Å². The number of para-hydroxylation sites is 1. The third-order valence-corrected chi connectivity index (χ3v) is 4.81. The molecular weight excluding hydrogens is 352 g/mol. The van der Waals surface area contributed by atoms with Crippen LogP contribution in [-0.2, 0) is 9.59 Å². The first-order valence-electron chi connectivity index (χ1n) is 9.26. The van der Waals surface area contributed by atoms with Gasteiger partial charge in [-0.1, -0.05) is 37.1 Å². The number of benzene rings is 1. The van der Waals surface area contributed by atoms with Crippen LogP contribution < -0.4 is 10.6 Å². The molecule has 1 fully saturated rings. The number of rotatable bonds is 8. The fourth-order valence-electron chi connectivity index (χ4n) is 3.09. The van der Waals surface area contributed by atoms with Crippen LogP contribution in [0.5, 0.6) is 0 Å². The van der Waals surface area contributed by atoms with E-state index in [1.165, 1.54) is 0 Å². The number of amides is 2. The summed E-state index contributed by atoms with van der Waals surface area (Å²) in [6.07, 6.45) is 2.07. The Morgan fingerprint density at radius 1 is 1.08 bits per heavy atom. The minimum absolute atomic E-state index is 0.0716. The van der Waals surface area contributed by atoms with E-state index in [2.05, 4.69) is 27.4 Å². The van der Waals surface area contributed by atoms with E-state index in [9.17, 15) is 9.59 Å². The molecule has 0 unspecified atom stereocenters. The summed E-state index contributed by atoms with van der Waals surface area (Å²) in [6.45, 7) is 8.03. The summed E-state index contributed by atoms with van der Waals surface area (Å²) in [5.41, 5.74) is 0.635. The van der Waals surface area contributed by atoms with Crippen molar-refractivity contribution in [2.75, 3.05) is 44.6 Å². The van der Waals surface area contributed by atoms with Crippen molar-refractivity contribution in [3.05, 3.63) is 29.3 Å². The van der Waals surface area contributed by atoms with Crippen molar-refractivity contribution >= 4 is 29.1 Å². The van der Waals surface area contributed by atoms with Crippen LogP contribution in [0.15, 0.2) is 24.3 Å². The summed E-state index contributed by atoms with van der Waals surface area (Å²) < 4.78 is 0. The molecule has 0 saturated carbocycles. The van der Waals surface area contributed by atoms with E-state index in [4.69, 9.17) is 11.6 Å². The largest absolute Gasteiger partial charge is 0.353 e. The van der Waals surface area contributed by atoms with Crippen LogP contribution in [0.25, 0.3) is 0 Å². The van der Waals surface area contributed by atoms with Gasteiger partial charge in [-0.05, 0) is 25.5 Å². The van der Waals surface area contributed by atoms with E-state index < -0.39 is 0 Å². The molecule has 2 amide bonds. The standard InChI is InChI=1S/C19H29ClN4O2/c1-3-6-15(2)21-18(25)13-23-9-11-24(12-10-23)14-19(26)22-17-8-5-4-7-16(17)20/h4-5,7-8,15H,3,6,9-14H2,1-2H3,(H,21,25)(H,22,26)/t15-/m0/s1. The predicted octanol–water partition coefficient (Wildman–Crippen LogP) is 2.20. The molecule has 1 saturated heterocycles. The zero-order valence-corrected chi connectivity index (χ0v) is 16.4. The molecule has 2 N–H and O–H groups in total. The quantitative estimate of drug-likeness (QED) is 0.725. The first-order valence-corrected chi connectivity index (χ1v) is 9.64. The lowest BCUT2D eigenvalue weighted by atomic mass is 10.2. The number of carbonyl (C=O) groups excluding carboxylic acids is 2. The van der Waals surface area contributed by atoms with Gasteiger partial charge in [0.2, 0.25) is 11.8 Å². The van der Waals surface area contributed by atoms with Gasteiger partial charge in [-0.2, -0.15) is 0 Å². The van der Waals surface area contributed by atoms with Crippen LogP contribution >= 0.6 is 11.6 Å². The summed E-state index contributed by atoms with van der Waals surface area (Å²) >= 11 is 6.06. The molecule has 26 heavy (non-hydrogen) atoms. The molecule has 0 aromatic heterocycles. The van der Waals surface area contributed by atoms with E-state index in [1.54, 1.807) is 12.1 Å². The van der Waals surface area contributed by atoms with Crippen molar-refractivity contribution in [2.24, 2.45) is 0 Å². The summed E-state index contributed by atoms with van der Waals surface area (Å²) in [5, 5.41) is 6.41. The van der Waals surface area contributed by atoms with Crippen molar-refractivity contribution in [1.82, 2.24) is 15.1 Å². The Kier molecular flexibility index (Phi) is 8.35. The Morgan fingerprint density at radius 2 is 1.65 bits per heavy atom. The normalized spacial score (nSPS) is 16.9. The number of hydrogen-bond acceptors (Lipinski definition) is 4. The van der Waals surface area contributed by atoms with Crippen molar-refractivity contribution in [3.63, 3.8) is 0 Å². The number of nitrogens with one attached hydrogen (secondary N) is 2. The lowest BCUT2D eigenvalue weighted by Gasteiger charge is -2.34. The predicted molar refractivity (Wildman–Crippen MR) is 105 cm³/mol. The summed E-state index contributed by atoms with van der Waals surface area (Å²) in [7, 11) is 0. The van der Waals surface area contributed by atoms with Gasteiger partial charge < -0.3 is 10.6 Å². The number of anilines is 1. The van der Waals surface area contributed by atoms with Crippen LogP contribution in [0.3, 0.4) is 0 Å². The molecule has 2 rings (SSSR count). The van der Waals surface area contributed by atoms with Gasteiger partial charge in [-0.3, -0.25) is 19.4 Å². The molecule has 7 heteroatoms. The highest BCUT2D eigenvalue weighted by Crippen LogP contribution is 2.20. The average Bonchev–Trinajstić information content (AvgIpc) is 2.59. The number of piperazine rings is 1. The fraction of sp³-hybridized carbons (Fsp3) is 0.579. The van der Waals surface area contributed by atoms with Crippen molar-refractivity contribution in [1.29, 1.82) is 0 Å². The van der Waals surface area contributed by atoms with Crippen molar-refractivity contribution in [2.45, 2.75) is 32.7 Å². The maximum Gasteiger partial charge on any atom is 0.238 e. The summed E-state index contributed by atoms with van der Waals surface area (Å²) in [4.78, 5) is 28.5. The Balaban J connectivity index is 1.69. The van der Waals surface area contributed by atoms with Crippen LogP contribution in [0.2, 0.25) is 5.02 Å². The van der Waals surface area contributed by atoms with Gasteiger partial charge in [-0.25, -0.2) is 0 Å². The van der Waals surface area contributed by atoms with Crippen LogP contribution in [0.1, 0.15) is 26.7 Å². The first kappa shape index (κ1) is 20.7. The lowest BCUT2D eigenvalue weighted by molar-refractivity contribution is -0.124. The minimum Gasteiger partial charge on any atom is -0.353 e. The van der Waals surface area contributed by atoms with Crippen molar-refractivity contribution < 1.29 is 9.59 Å². The number of halogens is 1. The van der Waals surface area contributed by atoms with Gasteiger partial charge in [0.05, 0.1) is 23.8 Å². The Morgan fingerprint density at radius 3 is 2.23 bits per heavy atom. The molecule has 1 aromatic carbocycles. The molecule has 0 aliphatic carbocycles. The molecule has 0 spiro atoms. The second kappa shape index (κ2) is 10.5. The maximum atomic E-state index is 12.2. The second-order valence-corrected chi connectivity index (χ2v) is 7.24. The van der Waals surface area contributed by atoms with E-state index >= 15 is 0 Å². The average molecular weight is 381 g/mol. The highest BCUT2D eigenvalue weighted by atomic mass is 35.5. The number of nitrogens with zero attached hydrogens (tertiary/aromatic N) is 2. The number of carbonyl (C=O) groups is 2. The summed E-state index contributed by atoms with van der Waals surface area (Å²) in [6, 6.07) is 7.43. The van der Waals surface area contributed by atoms with Gasteiger partial charge in [0.15, 0.2) is 0 Å². The van der Waals surface area contributed by atoms with Crippen molar-refractivity contribution in [3.8, 4) is 0 Å². The SMILES string of the molecule is CCC[C@H](C)NC(=O)CN1CCN(CC(=O)Nc2ccccc2Cl)CC1. The highest BCUT2D eigenvalue weighted by molar-refractivity contribution is 6.33. The zero-order chi connectivity index (χ0) is 18.9. The molecule has 1 aliphatic rings. The maximum absolute atomic E-state index is 12.2. The lowest BCUT2D eigenvalue weighted by Crippen LogP contribution is -2.51. The third-order valence-electron chi connectivity index (χ3n) is 4.48. The highest BCUT2D eigenvalue weighted by Gasteiger charge is 2.21. The van der Waals surface area contributed by atoms with E-state index in [0.29, 0.717) is 23.8 Å². The number of hydrogen-bond donors (Lipinski definition) is 2. The molecule has 0 radical (unpaired) electrons. The smallest absolute Gasteiger partial charge is 0.238 e. The molecule has 1 heterocycles. The first-order chi connectivity index (χ1) is 12.5. The van der Waals surface area contributed by atoms with Gasteiger partial charge in [0.1, 0.15) is 0 Å². The topological polar surface area (TPSA) is 64.7 Å². The molecule has 1 aromatic rings. The van der Waals surface area contributed by atoms with Gasteiger partial charge in [0.25, 0.3) is 0 Å². The van der Waals surface area contributed by atoms with E-state index in [1.807, 2.05) is 19.1 Å². The Bertz CT molecular complexity index is 603. The zero-order valence-electron chi connectivity index (χ0n) is 15.6. The van der Waals surface area contributed by atoms with Gasteiger partial charge >= 0.3 is 0 Å². The van der Waals surface area contributed by atoms with Gasteiger partial charge in [0, 0.05) is 32.2 Å². The fourth-order valence-corrected chi connectivity index (χ4v) is 3.27. The van der Waals surface area contributed by atoms with Gasteiger partial charge in [-0.15, -0.1) is 0 Å². The van der Waals surface area contributed by atoms with Crippen LogP contribution in [-0.4, -0.2) is 66.9 Å². The van der Waals surface area contributed by atoms with E-state index in [-0.39, 0.29) is 17.9 Å². The molecule has 6 nitrogen and oxygen atoms in total. The monoisotopic (exact) mass is 380 g/mol. The third kappa shape index (κ3) is 6.94. The molecule has 144 valence electrons. The summed E-state index contributed by atoms with van der Waals surface area (Å²) in [5.74, 6) is 0.00791.